The average molecular weight is 583 g/mol. The van der Waals surface area contributed by atoms with E-state index in [1.807, 2.05) is 0 Å². The van der Waals surface area contributed by atoms with Crippen LogP contribution in [0.4, 0.5) is 10.2 Å². The number of halogens is 2. The SMILES string of the molecule is CNS(=O)(=O)O[C@@H]1C[C@H](Nc2ncncc2C(=O)c2cc([C@@H]3OCCc4ccc(F)cc43)c(Cl)s2)C[C@@H]1O. The van der Waals surface area contributed by atoms with E-state index in [-0.39, 0.29) is 35.8 Å². The first-order chi connectivity index (χ1) is 18.1. The molecule has 3 heterocycles. The minimum Gasteiger partial charge on any atom is -0.390 e. The number of hydrogen-bond donors (Lipinski definition) is 3. The third-order valence-corrected chi connectivity index (χ3v) is 8.92. The molecule has 3 N–H and O–H groups in total. The van der Waals surface area contributed by atoms with Gasteiger partial charge in [0.25, 0.3) is 0 Å². The van der Waals surface area contributed by atoms with E-state index in [1.54, 1.807) is 12.1 Å². The molecule has 3 aromatic rings. The van der Waals surface area contributed by atoms with E-state index >= 15 is 0 Å². The second-order valence-corrected chi connectivity index (χ2v) is 12.1. The highest BCUT2D eigenvalue weighted by Crippen LogP contribution is 2.41. The predicted octanol–water partition coefficient (Wildman–Crippen LogP) is 3.01. The van der Waals surface area contributed by atoms with Crippen LogP contribution in [0.2, 0.25) is 4.34 Å². The maximum atomic E-state index is 14.0. The molecule has 14 heteroatoms. The lowest BCUT2D eigenvalue weighted by Gasteiger charge is -2.26. The van der Waals surface area contributed by atoms with Crippen molar-refractivity contribution in [3.63, 3.8) is 0 Å². The third-order valence-electron chi connectivity index (χ3n) is 6.54. The quantitative estimate of drug-likeness (QED) is 0.342. The number of aromatic nitrogens is 2. The van der Waals surface area contributed by atoms with Gasteiger partial charge in [-0.3, -0.25) is 8.98 Å². The molecule has 38 heavy (non-hydrogen) atoms. The molecule has 0 saturated heterocycles. The summed E-state index contributed by atoms with van der Waals surface area (Å²) < 4.78 is 50.8. The number of ketones is 1. The molecule has 0 amide bonds. The molecule has 2 aliphatic rings. The molecule has 2 aromatic heterocycles. The Morgan fingerprint density at radius 2 is 2.11 bits per heavy atom. The lowest BCUT2D eigenvalue weighted by atomic mass is 9.94. The number of aliphatic hydroxyl groups is 1. The molecule has 1 aliphatic heterocycles. The Bertz CT molecular complexity index is 1470. The predicted molar refractivity (Wildman–Crippen MR) is 138 cm³/mol. The number of carbonyl (C=O) groups excluding carboxylic acids is 1. The van der Waals surface area contributed by atoms with Crippen LogP contribution < -0.4 is 10.0 Å². The van der Waals surface area contributed by atoms with Gasteiger partial charge in [-0.05, 0) is 48.6 Å². The van der Waals surface area contributed by atoms with Crippen LogP contribution in [0.5, 0.6) is 0 Å². The summed E-state index contributed by atoms with van der Waals surface area (Å²) in [4.78, 5) is 22.0. The summed E-state index contributed by atoms with van der Waals surface area (Å²) in [5, 5.41) is 13.4. The van der Waals surface area contributed by atoms with E-state index < -0.39 is 34.7 Å². The Kier molecular flexibility index (Phi) is 7.78. The van der Waals surface area contributed by atoms with Crippen molar-refractivity contribution in [2.45, 2.75) is 43.6 Å². The van der Waals surface area contributed by atoms with Crippen LogP contribution in [0.1, 0.15) is 50.9 Å². The standard InChI is InChI=1S/C24H24ClFN4O6S2/c1-27-38(33,34)36-19-8-14(7-18(19)31)30-24-17(10-28-11-29-24)21(32)20-9-16(23(25)37-20)22-15-6-13(26)3-2-12(15)4-5-35-22/h2-3,6,9-11,14,18-19,22,27,31H,4-5,7-8H2,1H3,(H,28,29,30)/t14-,18+,19-,22-/m1/s1. The van der Waals surface area contributed by atoms with Gasteiger partial charge in [-0.2, -0.15) is 13.1 Å². The molecule has 1 saturated carbocycles. The molecule has 0 bridgehead atoms. The maximum absolute atomic E-state index is 14.0. The van der Waals surface area contributed by atoms with Gasteiger partial charge in [0.15, 0.2) is 0 Å². The zero-order chi connectivity index (χ0) is 27.0. The van der Waals surface area contributed by atoms with Gasteiger partial charge in [0, 0.05) is 24.8 Å². The molecular weight excluding hydrogens is 559 g/mol. The average Bonchev–Trinajstić information content (AvgIpc) is 3.44. The van der Waals surface area contributed by atoms with Gasteiger partial charge in [0.05, 0.1) is 27.5 Å². The van der Waals surface area contributed by atoms with E-state index in [0.717, 1.165) is 16.9 Å². The first-order valence-corrected chi connectivity index (χ1v) is 14.4. The number of fused-ring (bicyclic) bond motifs is 1. The Balaban J connectivity index is 1.37. The highest BCUT2D eigenvalue weighted by molar-refractivity contribution is 7.84. The summed E-state index contributed by atoms with van der Waals surface area (Å²) in [6.07, 6.45) is 1.07. The van der Waals surface area contributed by atoms with E-state index in [0.29, 0.717) is 33.4 Å². The fraction of sp³-hybridized carbons (Fsp3) is 0.375. The fourth-order valence-electron chi connectivity index (χ4n) is 4.69. The molecule has 1 aromatic carbocycles. The number of benzene rings is 1. The van der Waals surface area contributed by atoms with E-state index in [4.69, 9.17) is 20.5 Å². The molecule has 0 spiro atoms. The topological polar surface area (TPSA) is 140 Å². The number of thiophene rings is 1. The van der Waals surface area contributed by atoms with Crippen molar-refractivity contribution in [2.75, 3.05) is 19.0 Å². The van der Waals surface area contributed by atoms with E-state index in [1.165, 1.54) is 31.7 Å². The molecule has 4 atom stereocenters. The lowest BCUT2D eigenvalue weighted by Crippen LogP contribution is -2.31. The number of nitrogens with zero attached hydrogens (tertiary/aromatic N) is 2. The Morgan fingerprint density at radius 3 is 2.89 bits per heavy atom. The summed E-state index contributed by atoms with van der Waals surface area (Å²) in [6.45, 7) is 0.437. The largest absolute Gasteiger partial charge is 0.390 e. The van der Waals surface area contributed by atoms with Gasteiger partial charge in [-0.15, -0.1) is 11.3 Å². The molecule has 10 nitrogen and oxygen atoms in total. The minimum atomic E-state index is -3.98. The first-order valence-electron chi connectivity index (χ1n) is 11.8. The summed E-state index contributed by atoms with van der Waals surface area (Å²) in [5.74, 6) is -0.537. The number of ether oxygens (including phenoxy) is 1. The van der Waals surface area contributed by atoms with Crippen LogP contribution in [0.15, 0.2) is 36.8 Å². The summed E-state index contributed by atoms with van der Waals surface area (Å²) in [7, 11) is -2.77. The Hall–Kier alpha value is -2.52. The van der Waals surface area contributed by atoms with E-state index in [2.05, 4.69) is 20.0 Å². The van der Waals surface area contributed by atoms with Gasteiger partial charge < -0.3 is 15.2 Å². The molecule has 1 aliphatic carbocycles. The summed E-state index contributed by atoms with van der Waals surface area (Å²) in [5.41, 5.74) is 2.39. The lowest BCUT2D eigenvalue weighted by molar-refractivity contribution is 0.0636. The van der Waals surface area contributed by atoms with Gasteiger partial charge in [0.1, 0.15) is 30.2 Å². The van der Waals surface area contributed by atoms with Crippen molar-refractivity contribution in [3.05, 3.63) is 74.1 Å². The number of anilines is 1. The van der Waals surface area contributed by atoms with Gasteiger partial charge >= 0.3 is 10.3 Å². The smallest absolute Gasteiger partial charge is 0.335 e. The van der Waals surface area contributed by atoms with Crippen LogP contribution in [-0.2, 0) is 25.6 Å². The Labute approximate surface area is 227 Å². The molecule has 202 valence electrons. The van der Waals surface area contributed by atoms with Crippen molar-refractivity contribution in [3.8, 4) is 0 Å². The number of aliphatic hydroxyl groups excluding tert-OH is 1. The van der Waals surface area contributed by atoms with Crippen molar-refractivity contribution in [1.82, 2.24) is 14.7 Å². The molecule has 0 radical (unpaired) electrons. The molecular formula is C24H24ClFN4O6S2. The monoisotopic (exact) mass is 582 g/mol. The molecule has 0 unspecified atom stereocenters. The number of rotatable bonds is 8. The second-order valence-electron chi connectivity index (χ2n) is 8.97. The zero-order valence-electron chi connectivity index (χ0n) is 20.1. The third kappa shape index (κ3) is 5.59. The number of nitrogens with one attached hydrogen (secondary N) is 2. The van der Waals surface area contributed by atoms with Crippen LogP contribution in [0.3, 0.4) is 0 Å². The second kappa shape index (κ2) is 10.9. The normalized spacial score (nSPS) is 23.3. The minimum absolute atomic E-state index is 0.170. The summed E-state index contributed by atoms with van der Waals surface area (Å²) in [6, 6.07) is 5.80. The van der Waals surface area contributed by atoms with Crippen molar-refractivity contribution in [1.29, 1.82) is 0 Å². The van der Waals surface area contributed by atoms with Crippen molar-refractivity contribution < 1.29 is 31.6 Å². The Morgan fingerprint density at radius 1 is 1.29 bits per heavy atom. The molecule has 1 fully saturated rings. The fourth-order valence-corrected chi connectivity index (χ4v) is 6.59. The van der Waals surface area contributed by atoms with Crippen LogP contribution >= 0.6 is 22.9 Å². The zero-order valence-corrected chi connectivity index (χ0v) is 22.4. The molecule has 5 rings (SSSR count). The highest BCUT2D eigenvalue weighted by atomic mass is 35.5. The van der Waals surface area contributed by atoms with Gasteiger partial charge in [0.2, 0.25) is 5.78 Å². The summed E-state index contributed by atoms with van der Waals surface area (Å²) >= 11 is 7.62. The van der Waals surface area contributed by atoms with Crippen LogP contribution in [0, 0.1) is 5.82 Å². The van der Waals surface area contributed by atoms with Crippen LogP contribution in [-0.4, -0.2) is 61.2 Å². The maximum Gasteiger partial charge on any atom is 0.335 e. The van der Waals surface area contributed by atoms with Crippen molar-refractivity contribution >= 4 is 44.8 Å². The van der Waals surface area contributed by atoms with Crippen LogP contribution in [0.25, 0.3) is 0 Å². The van der Waals surface area contributed by atoms with Gasteiger partial charge in [-0.1, -0.05) is 17.7 Å². The number of hydrogen-bond acceptors (Lipinski definition) is 10. The van der Waals surface area contributed by atoms with Gasteiger partial charge in [-0.25, -0.2) is 14.4 Å². The first kappa shape index (κ1) is 27.1. The van der Waals surface area contributed by atoms with E-state index in [9.17, 15) is 22.7 Å². The number of carbonyl (C=O) groups is 1. The highest BCUT2D eigenvalue weighted by Gasteiger charge is 2.37. The van der Waals surface area contributed by atoms with Crippen molar-refractivity contribution in [2.24, 2.45) is 0 Å².